The number of benzene rings is 2. The summed E-state index contributed by atoms with van der Waals surface area (Å²) >= 11 is 5.97. The van der Waals surface area contributed by atoms with Crippen molar-refractivity contribution in [2.45, 2.75) is 31.8 Å². The number of hydrogen-bond acceptors (Lipinski definition) is 4. The van der Waals surface area contributed by atoms with Gasteiger partial charge in [-0.15, -0.1) is 0 Å². The molecule has 2 heterocycles. The third-order valence-electron chi connectivity index (χ3n) is 5.28. The lowest BCUT2D eigenvalue weighted by molar-refractivity contribution is -0.110. The first-order valence-electron chi connectivity index (χ1n) is 9.87. The SMILES string of the molecule is Cc1cccc(NC(=O)N2CCC[C@]3(CC(C(=O)Nc4cccc(Cl)c4)=NO3)C2)c1. The highest BCUT2D eigenvalue weighted by atomic mass is 35.5. The van der Waals surface area contributed by atoms with E-state index in [-0.39, 0.29) is 11.9 Å². The quantitative estimate of drug-likeness (QED) is 0.761. The predicted molar refractivity (Wildman–Crippen MR) is 117 cm³/mol. The maximum Gasteiger partial charge on any atom is 0.321 e. The number of carbonyl (C=O) groups is 2. The summed E-state index contributed by atoms with van der Waals surface area (Å²) in [5.74, 6) is -0.324. The van der Waals surface area contributed by atoms with E-state index in [1.54, 1.807) is 29.2 Å². The second-order valence-electron chi connectivity index (χ2n) is 7.78. The van der Waals surface area contributed by atoms with Gasteiger partial charge in [0.2, 0.25) is 0 Å². The summed E-state index contributed by atoms with van der Waals surface area (Å²) in [5, 5.41) is 10.3. The first-order valence-corrected chi connectivity index (χ1v) is 10.2. The van der Waals surface area contributed by atoms with Crippen molar-refractivity contribution in [2.24, 2.45) is 5.16 Å². The van der Waals surface area contributed by atoms with Crippen molar-refractivity contribution in [3.05, 3.63) is 59.1 Å². The van der Waals surface area contributed by atoms with E-state index in [1.807, 2.05) is 31.2 Å². The van der Waals surface area contributed by atoms with Gasteiger partial charge < -0.3 is 20.4 Å². The Morgan fingerprint density at radius 2 is 1.90 bits per heavy atom. The molecule has 1 spiro atoms. The monoisotopic (exact) mass is 426 g/mol. The van der Waals surface area contributed by atoms with Crippen LogP contribution >= 0.6 is 11.6 Å². The lowest BCUT2D eigenvalue weighted by Gasteiger charge is -2.38. The molecule has 2 aliphatic heterocycles. The molecular weight excluding hydrogens is 404 g/mol. The van der Waals surface area contributed by atoms with E-state index < -0.39 is 5.60 Å². The minimum atomic E-state index is -0.663. The first kappa shape index (κ1) is 20.2. The molecule has 1 fully saturated rings. The van der Waals surface area contributed by atoms with Gasteiger partial charge >= 0.3 is 6.03 Å². The fourth-order valence-electron chi connectivity index (χ4n) is 3.83. The van der Waals surface area contributed by atoms with E-state index in [2.05, 4.69) is 15.8 Å². The van der Waals surface area contributed by atoms with Crippen LogP contribution in [0.5, 0.6) is 0 Å². The summed E-state index contributed by atoms with van der Waals surface area (Å²) in [6.45, 7) is 2.99. The fourth-order valence-corrected chi connectivity index (χ4v) is 4.02. The number of aryl methyl sites for hydroxylation is 1. The van der Waals surface area contributed by atoms with E-state index >= 15 is 0 Å². The van der Waals surface area contributed by atoms with Gasteiger partial charge in [-0.05, 0) is 55.7 Å². The average molecular weight is 427 g/mol. The van der Waals surface area contributed by atoms with Crippen LogP contribution in [-0.4, -0.2) is 41.2 Å². The Morgan fingerprint density at radius 1 is 1.13 bits per heavy atom. The predicted octanol–water partition coefficient (Wildman–Crippen LogP) is 4.43. The average Bonchev–Trinajstić information content (AvgIpc) is 3.11. The fraction of sp³-hybridized carbons (Fsp3) is 0.318. The van der Waals surface area contributed by atoms with Crippen molar-refractivity contribution < 1.29 is 14.4 Å². The normalized spacial score (nSPS) is 20.5. The van der Waals surface area contributed by atoms with Crippen LogP contribution in [0.15, 0.2) is 53.7 Å². The number of likely N-dealkylation sites (tertiary alicyclic amines) is 1. The molecule has 30 heavy (non-hydrogen) atoms. The molecular formula is C22H23ClN4O3. The molecule has 3 amide bonds. The number of carbonyl (C=O) groups excluding carboxylic acids is 2. The van der Waals surface area contributed by atoms with E-state index in [0.29, 0.717) is 35.9 Å². The summed E-state index contributed by atoms with van der Waals surface area (Å²) in [6, 6.07) is 14.4. The number of nitrogens with one attached hydrogen (secondary N) is 2. The standard InChI is InChI=1S/C22H23ClN4O3/c1-15-5-2-7-17(11-15)25-21(29)27-10-4-9-22(14-27)13-19(26-30-22)20(28)24-18-8-3-6-16(23)12-18/h2-3,5-8,11-12H,4,9-10,13-14H2,1H3,(H,24,28)(H,25,29)/t22-/m0/s1. The van der Waals surface area contributed by atoms with Crippen LogP contribution < -0.4 is 10.6 Å². The smallest absolute Gasteiger partial charge is 0.321 e. The number of rotatable bonds is 3. The highest BCUT2D eigenvalue weighted by molar-refractivity contribution is 6.43. The summed E-state index contributed by atoms with van der Waals surface area (Å²) < 4.78 is 0. The van der Waals surface area contributed by atoms with Crippen LogP contribution in [0, 0.1) is 6.92 Å². The van der Waals surface area contributed by atoms with Gasteiger partial charge in [0, 0.05) is 29.4 Å². The van der Waals surface area contributed by atoms with Crippen molar-refractivity contribution >= 4 is 40.6 Å². The maximum atomic E-state index is 12.7. The van der Waals surface area contributed by atoms with Crippen molar-refractivity contribution in [1.29, 1.82) is 0 Å². The number of oxime groups is 1. The number of nitrogens with zero attached hydrogens (tertiary/aromatic N) is 2. The Labute approximate surface area is 180 Å². The number of piperidine rings is 1. The van der Waals surface area contributed by atoms with E-state index in [1.165, 1.54) is 0 Å². The van der Waals surface area contributed by atoms with E-state index in [4.69, 9.17) is 16.4 Å². The van der Waals surface area contributed by atoms with Gasteiger partial charge in [0.1, 0.15) is 5.71 Å². The van der Waals surface area contributed by atoms with Gasteiger partial charge in [0.05, 0.1) is 6.54 Å². The Kier molecular flexibility index (Phi) is 5.63. The Morgan fingerprint density at radius 3 is 2.67 bits per heavy atom. The lowest BCUT2D eigenvalue weighted by atomic mass is 9.88. The molecule has 0 bridgehead atoms. The summed E-state index contributed by atoms with van der Waals surface area (Å²) in [7, 11) is 0. The Bertz CT molecular complexity index is 1010. The van der Waals surface area contributed by atoms with Crippen LogP contribution in [0.1, 0.15) is 24.8 Å². The highest BCUT2D eigenvalue weighted by Gasteiger charge is 2.45. The van der Waals surface area contributed by atoms with Gasteiger partial charge in [-0.2, -0.15) is 0 Å². The second kappa shape index (κ2) is 8.36. The highest BCUT2D eigenvalue weighted by Crippen LogP contribution is 2.34. The third kappa shape index (κ3) is 4.57. The molecule has 1 atom stereocenters. The van der Waals surface area contributed by atoms with Gasteiger partial charge in [-0.25, -0.2) is 4.79 Å². The molecule has 2 aliphatic rings. The van der Waals surface area contributed by atoms with Crippen LogP contribution in [0.2, 0.25) is 5.02 Å². The van der Waals surface area contributed by atoms with Crippen molar-refractivity contribution in [3.8, 4) is 0 Å². The first-order chi connectivity index (χ1) is 14.4. The molecule has 0 radical (unpaired) electrons. The molecule has 0 aliphatic carbocycles. The van der Waals surface area contributed by atoms with Crippen molar-refractivity contribution in [3.63, 3.8) is 0 Å². The van der Waals surface area contributed by atoms with Crippen LogP contribution in [0.4, 0.5) is 16.2 Å². The summed E-state index contributed by atoms with van der Waals surface area (Å²) in [6.07, 6.45) is 1.87. The molecule has 7 nitrogen and oxygen atoms in total. The molecule has 2 N–H and O–H groups in total. The number of halogens is 1. The number of anilines is 2. The minimum absolute atomic E-state index is 0.180. The summed E-state index contributed by atoms with van der Waals surface area (Å²) in [5.41, 5.74) is 2.08. The third-order valence-corrected chi connectivity index (χ3v) is 5.51. The van der Waals surface area contributed by atoms with Gasteiger partial charge in [-0.3, -0.25) is 4.79 Å². The topological polar surface area (TPSA) is 83.0 Å². The molecule has 0 aromatic heterocycles. The van der Waals surface area contributed by atoms with Gasteiger partial charge in [-0.1, -0.05) is 35.0 Å². The molecule has 0 saturated carbocycles. The zero-order valence-corrected chi connectivity index (χ0v) is 17.4. The zero-order valence-electron chi connectivity index (χ0n) is 16.7. The van der Waals surface area contributed by atoms with Crippen molar-refractivity contribution in [1.82, 2.24) is 4.90 Å². The minimum Gasteiger partial charge on any atom is -0.386 e. The largest absolute Gasteiger partial charge is 0.386 e. The lowest BCUT2D eigenvalue weighted by Crippen LogP contribution is -2.52. The van der Waals surface area contributed by atoms with Crippen LogP contribution in [0.25, 0.3) is 0 Å². The van der Waals surface area contributed by atoms with Crippen LogP contribution in [-0.2, 0) is 9.63 Å². The molecule has 8 heteroatoms. The van der Waals surface area contributed by atoms with Gasteiger partial charge in [0.25, 0.3) is 5.91 Å². The zero-order chi connectivity index (χ0) is 21.1. The Hall–Kier alpha value is -3.06. The van der Waals surface area contributed by atoms with Crippen molar-refractivity contribution in [2.75, 3.05) is 23.7 Å². The number of amides is 3. The van der Waals surface area contributed by atoms with E-state index in [0.717, 1.165) is 24.1 Å². The number of hydrogen-bond donors (Lipinski definition) is 2. The molecule has 2 aromatic carbocycles. The van der Waals surface area contributed by atoms with Crippen LogP contribution in [0.3, 0.4) is 0 Å². The molecule has 0 unspecified atom stereocenters. The molecule has 156 valence electrons. The van der Waals surface area contributed by atoms with Gasteiger partial charge in [0.15, 0.2) is 5.60 Å². The molecule has 1 saturated heterocycles. The Balaban J connectivity index is 1.37. The number of urea groups is 1. The van der Waals surface area contributed by atoms with E-state index in [9.17, 15) is 9.59 Å². The molecule has 4 rings (SSSR count). The molecule has 2 aromatic rings. The summed E-state index contributed by atoms with van der Waals surface area (Å²) in [4.78, 5) is 32.7. The second-order valence-corrected chi connectivity index (χ2v) is 8.21. The maximum absolute atomic E-state index is 12.7.